The molecule has 0 spiro atoms. The first-order valence-electron chi connectivity index (χ1n) is 8.95. The standard InChI is InChI=1S/C19H22N4O2S2/c1-2-26-19-22-21-18(27-19)20-17(25)15-10-12-23(13-11-15)16(24)9-8-14-6-4-3-5-7-14/h3-9,15H,2,10-13H2,1H3,(H,20,21,25)/b9-8+. The summed E-state index contributed by atoms with van der Waals surface area (Å²) in [7, 11) is 0. The van der Waals surface area contributed by atoms with Crippen molar-refractivity contribution < 1.29 is 9.59 Å². The molecule has 1 aromatic carbocycles. The third-order valence-electron chi connectivity index (χ3n) is 4.30. The third-order valence-corrected chi connectivity index (χ3v) is 6.15. The average Bonchev–Trinajstić information content (AvgIpc) is 3.14. The van der Waals surface area contributed by atoms with Crippen molar-refractivity contribution in [2.24, 2.45) is 5.92 Å². The first-order valence-corrected chi connectivity index (χ1v) is 10.7. The molecule has 1 fully saturated rings. The first-order chi connectivity index (χ1) is 13.2. The molecule has 0 saturated carbocycles. The van der Waals surface area contributed by atoms with Gasteiger partial charge in [-0.25, -0.2) is 0 Å². The molecule has 0 radical (unpaired) electrons. The predicted octanol–water partition coefficient (Wildman–Crippen LogP) is 3.54. The lowest BCUT2D eigenvalue weighted by Gasteiger charge is -2.30. The summed E-state index contributed by atoms with van der Waals surface area (Å²) in [6, 6.07) is 9.74. The summed E-state index contributed by atoms with van der Waals surface area (Å²) in [5.41, 5.74) is 0.998. The Labute approximate surface area is 167 Å². The maximum absolute atomic E-state index is 12.4. The largest absolute Gasteiger partial charge is 0.339 e. The molecule has 2 aromatic rings. The Morgan fingerprint density at radius 3 is 2.70 bits per heavy atom. The fourth-order valence-corrected chi connectivity index (χ4v) is 4.50. The second kappa shape index (κ2) is 9.66. The highest BCUT2D eigenvalue weighted by molar-refractivity contribution is 8.01. The molecule has 2 heterocycles. The van der Waals surface area contributed by atoms with Crippen molar-refractivity contribution in [1.82, 2.24) is 15.1 Å². The molecule has 27 heavy (non-hydrogen) atoms. The molecule has 1 aliphatic heterocycles. The number of carbonyl (C=O) groups is 2. The SMILES string of the molecule is CCSc1nnc(NC(=O)C2CCN(C(=O)/C=C/c3ccccc3)CC2)s1. The van der Waals surface area contributed by atoms with Gasteiger partial charge in [-0.2, -0.15) is 0 Å². The molecule has 1 saturated heterocycles. The van der Waals surface area contributed by atoms with Gasteiger partial charge in [-0.3, -0.25) is 9.59 Å². The molecular weight excluding hydrogens is 380 g/mol. The van der Waals surface area contributed by atoms with Crippen molar-refractivity contribution in [3.05, 3.63) is 42.0 Å². The number of hydrogen-bond donors (Lipinski definition) is 1. The molecule has 142 valence electrons. The van der Waals surface area contributed by atoms with Gasteiger partial charge in [0, 0.05) is 25.1 Å². The van der Waals surface area contributed by atoms with E-state index >= 15 is 0 Å². The number of aromatic nitrogens is 2. The Morgan fingerprint density at radius 1 is 1.26 bits per heavy atom. The number of nitrogens with one attached hydrogen (secondary N) is 1. The zero-order valence-corrected chi connectivity index (χ0v) is 16.8. The van der Waals surface area contributed by atoms with E-state index in [1.807, 2.05) is 36.4 Å². The average molecular weight is 403 g/mol. The quantitative estimate of drug-likeness (QED) is 0.454. The maximum atomic E-state index is 12.4. The highest BCUT2D eigenvalue weighted by Gasteiger charge is 2.27. The van der Waals surface area contributed by atoms with Crippen LogP contribution in [0, 0.1) is 5.92 Å². The molecule has 1 aromatic heterocycles. The van der Waals surface area contributed by atoms with E-state index < -0.39 is 0 Å². The van der Waals surface area contributed by atoms with Crippen molar-refractivity contribution in [3.8, 4) is 0 Å². The number of rotatable bonds is 6. The van der Waals surface area contributed by atoms with Crippen molar-refractivity contribution in [1.29, 1.82) is 0 Å². The lowest BCUT2D eigenvalue weighted by atomic mass is 9.96. The topological polar surface area (TPSA) is 75.2 Å². The monoisotopic (exact) mass is 402 g/mol. The molecule has 8 heteroatoms. The van der Waals surface area contributed by atoms with Crippen LogP contribution in [0.3, 0.4) is 0 Å². The number of piperidine rings is 1. The molecule has 6 nitrogen and oxygen atoms in total. The molecule has 0 atom stereocenters. The first kappa shape index (κ1) is 19.6. The Morgan fingerprint density at radius 2 is 2.00 bits per heavy atom. The molecule has 2 amide bonds. The van der Waals surface area contributed by atoms with E-state index in [0.717, 1.165) is 15.7 Å². The maximum Gasteiger partial charge on any atom is 0.246 e. The normalized spacial score (nSPS) is 15.2. The van der Waals surface area contributed by atoms with E-state index in [1.165, 1.54) is 11.3 Å². The van der Waals surface area contributed by atoms with Gasteiger partial charge < -0.3 is 10.2 Å². The fraction of sp³-hybridized carbons (Fsp3) is 0.368. The molecule has 0 aliphatic carbocycles. The molecule has 3 rings (SSSR count). The van der Waals surface area contributed by atoms with Gasteiger partial charge in [-0.1, -0.05) is 60.4 Å². The van der Waals surface area contributed by atoms with Crippen LogP contribution in [-0.2, 0) is 9.59 Å². The van der Waals surface area contributed by atoms with Crippen LogP contribution in [0.2, 0.25) is 0 Å². The number of carbonyl (C=O) groups excluding carboxylic acids is 2. The number of anilines is 1. The Balaban J connectivity index is 1.47. The zero-order chi connectivity index (χ0) is 19.1. The van der Waals surface area contributed by atoms with Gasteiger partial charge in [0.15, 0.2) is 4.34 Å². The lowest BCUT2D eigenvalue weighted by molar-refractivity contribution is -0.130. The summed E-state index contributed by atoms with van der Waals surface area (Å²) < 4.78 is 0.860. The van der Waals surface area contributed by atoms with Gasteiger partial charge in [0.2, 0.25) is 16.9 Å². The number of nitrogens with zero attached hydrogens (tertiary/aromatic N) is 3. The van der Waals surface area contributed by atoms with E-state index in [4.69, 9.17) is 0 Å². The Hall–Kier alpha value is -2.19. The number of amides is 2. The molecular formula is C19H22N4O2S2. The number of hydrogen-bond acceptors (Lipinski definition) is 6. The molecule has 1 N–H and O–H groups in total. The van der Waals surface area contributed by atoms with Crippen LogP contribution < -0.4 is 5.32 Å². The van der Waals surface area contributed by atoms with E-state index in [2.05, 4.69) is 22.4 Å². The summed E-state index contributed by atoms with van der Waals surface area (Å²) in [4.78, 5) is 26.5. The summed E-state index contributed by atoms with van der Waals surface area (Å²) in [6.07, 6.45) is 4.74. The highest BCUT2D eigenvalue weighted by Crippen LogP contribution is 2.26. The second-order valence-corrected chi connectivity index (χ2v) is 8.63. The van der Waals surface area contributed by atoms with E-state index in [1.54, 1.807) is 22.7 Å². The smallest absolute Gasteiger partial charge is 0.246 e. The molecule has 0 unspecified atom stereocenters. The van der Waals surface area contributed by atoms with Gasteiger partial charge >= 0.3 is 0 Å². The minimum absolute atomic E-state index is 0.0110. The van der Waals surface area contributed by atoms with Crippen LogP contribution in [0.4, 0.5) is 5.13 Å². The van der Waals surface area contributed by atoms with Crippen LogP contribution in [0.25, 0.3) is 6.08 Å². The second-order valence-electron chi connectivity index (χ2n) is 6.14. The van der Waals surface area contributed by atoms with Crippen LogP contribution >= 0.6 is 23.1 Å². The minimum atomic E-state index is -0.0988. The third kappa shape index (κ3) is 5.64. The summed E-state index contributed by atoms with van der Waals surface area (Å²) in [5.74, 6) is 0.779. The number of likely N-dealkylation sites (tertiary alicyclic amines) is 1. The van der Waals surface area contributed by atoms with Gasteiger partial charge in [-0.15, -0.1) is 10.2 Å². The van der Waals surface area contributed by atoms with Crippen molar-refractivity contribution in [2.45, 2.75) is 24.1 Å². The summed E-state index contributed by atoms with van der Waals surface area (Å²) in [6.45, 7) is 3.22. The number of thioether (sulfide) groups is 1. The predicted molar refractivity (Wildman–Crippen MR) is 110 cm³/mol. The van der Waals surface area contributed by atoms with Gasteiger partial charge in [0.1, 0.15) is 0 Å². The van der Waals surface area contributed by atoms with Crippen molar-refractivity contribution >= 4 is 46.1 Å². The zero-order valence-electron chi connectivity index (χ0n) is 15.1. The summed E-state index contributed by atoms with van der Waals surface area (Å²) in [5, 5.41) is 11.4. The van der Waals surface area contributed by atoms with Gasteiger partial charge in [-0.05, 0) is 30.2 Å². The van der Waals surface area contributed by atoms with E-state index in [0.29, 0.717) is 31.1 Å². The van der Waals surface area contributed by atoms with Gasteiger partial charge in [0.05, 0.1) is 0 Å². The van der Waals surface area contributed by atoms with Crippen LogP contribution in [0.1, 0.15) is 25.3 Å². The summed E-state index contributed by atoms with van der Waals surface area (Å²) >= 11 is 3.00. The lowest BCUT2D eigenvalue weighted by Crippen LogP contribution is -2.40. The van der Waals surface area contributed by atoms with Crippen LogP contribution in [0.15, 0.2) is 40.7 Å². The van der Waals surface area contributed by atoms with Crippen LogP contribution in [0.5, 0.6) is 0 Å². The van der Waals surface area contributed by atoms with E-state index in [9.17, 15) is 9.59 Å². The van der Waals surface area contributed by atoms with Crippen LogP contribution in [-0.4, -0.2) is 45.8 Å². The molecule has 0 bridgehead atoms. The Kier molecular flexibility index (Phi) is 7.00. The highest BCUT2D eigenvalue weighted by atomic mass is 32.2. The number of benzene rings is 1. The van der Waals surface area contributed by atoms with E-state index in [-0.39, 0.29) is 17.7 Å². The van der Waals surface area contributed by atoms with Crippen molar-refractivity contribution in [3.63, 3.8) is 0 Å². The molecule has 1 aliphatic rings. The van der Waals surface area contributed by atoms with Gasteiger partial charge in [0.25, 0.3) is 0 Å². The Bertz CT molecular complexity index is 799. The van der Waals surface area contributed by atoms with Crippen molar-refractivity contribution in [2.75, 3.05) is 24.2 Å². The fourth-order valence-electron chi connectivity index (χ4n) is 2.85. The minimum Gasteiger partial charge on any atom is -0.339 e.